The van der Waals surface area contributed by atoms with E-state index >= 15 is 0 Å². The quantitative estimate of drug-likeness (QED) is 0.366. The van der Waals surface area contributed by atoms with Crippen LogP contribution in [0.25, 0.3) is 11.1 Å². The highest BCUT2D eigenvalue weighted by Gasteiger charge is 2.30. The zero-order valence-corrected chi connectivity index (χ0v) is 13.1. The minimum Gasteiger partial charge on any atom is -0.418 e. The molecular weight excluding hydrogens is 427 g/mol. The normalized spacial score (nSPS) is 11.6. The van der Waals surface area contributed by atoms with E-state index in [1.807, 2.05) is 46.9 Å². The van der Waals surface area contributed by atoms with Gasteiger partial charge in [-0.3, -0.25) is 0 Å². The molecule has 0 unspecified atom stereocenters. The standard InChI is InChI=1S/C13H9F3I.BF4/c14-13(15,16)10-7-5-9(6-8-10)11-3-1-2-4-12(11)17;2-1(3,4)5/h1-8,17H;/q+1;-1. The topological polar surface area (TPSA) is 0 Å². The largest absolute Gasteiger partial charge is 0.673 e. The highest BCUT2D eigenvalue weighted by molar-refractivity contribution is 6.50. The van der Waals surface area contributed by atoms with E-state index in [1.54, 1.807) is 0 Å². The van der Waals surface area contributed by atoms with E-state index in [4.69, 9.17) is 0 Å². The number of alkyl halides is 3. The molecule has 0 aliphatic carbocycles. The Morgan fingerprint density at radius 2 is 1.23 bits per heavy atom. The molecule has 2 aromatic rings. The van der Waals surface area contributed by atoms with Crippen molar-refractivity contribution in [2.75, 3.05) is 0 Å². The summed E-state index contributed by atoms with van der Waals surface area (Å²) in [6.45, 7) is 0. The van der Waals surface area contributed by atoms with Gasteiger partial charge in [0.15, 0.2) is 3.57 Å². The zero-order chi connectivity index (χ0) is 17.0. The van der Waals surface area contributed by atoms with Gasteiger partial charge in [-0.1, -0.05) is 24.3 Å². The average molecular weight is 436 g/mol. The second kappa shape index (κ2) is 7.34. The fourth-order valence-corrected chi connectivity index (χ4v) is 2.30. The third kappa shape index (κ3) is 6.67. The van der Waals surface area contributed by atoms with Crippen molar-refractivity contribution in [1.29, 1.82) is 0 Å². The van der Waals surface area contributed by atoms with Crippen LogP contribution in [0.5, 0.6) is 0 Å². The van der Waals surface area contributed by atoms with Crippen molar-refractivity contribution in [2.45, 2.75) is 6.18 Å². The molecule has 0 N–H and O–H groups in total. The maximum absolute atomic E-state index is 12.4. The number of hydrogen-bond donors (Lipinski definition) is 0. The van der Waals surface area contributed by atoms with Crippen LogP contribution in [0.2, 0.25) is 0 Å². The molecule has 22 heavy (non-hydrogen) atoms. The smallest absolute Gasteiger partial charge is 0.418 e. The number of hydrogen-bond acceptors (Lipinski definition) is 0. The third-order valence-electron chi connectivity index (χ3n) is 2.41. The van der Waals surface area contributed by atoms with Gasteiger partial charge < -0.3 is 17.3 Å². The van der Waals surface area contributed by atoms with Crippen LogP contribution in [-0.4, -0.2) is 7.25 Å². The molecule has 0 amide bonds. The van der Waals surface area contributed by atoms with Gasteiger partial charge in [-0.15, -0.1) is 0 Å². The summed E-state index contributed by atoms with van der Waals surface area (Å²) < 4.78 is 77.3. The van der Waals surface area contributed by atoms with E-state index in [9.17, 15) is 30.4 Å². The summed E-state index contributed by atoms with van der Waals surface area (Å²) in [6.07, 6.45) is -4.27. The van der Waals surface area contributed by atoms with Crippen LogP contribution in [-0.2, 0) is 6.18 Å². The summed E-state index contributed by atoms with van der Waals surface area (Å²) in [5.41, 5.74) is 1.15. The van der Waals surface area contributed by atoms with Gasteiger partial charge in [-0.2, -0.15) is 13.2 Å². The maximum atomic E-state index is 12.4. The molecule has 0 saturated heterocycles. The minimum absolute atomic E-state index is 0.615. The SMILES string of the molecule is FC(F)(F)c1ccc(-c2ccccc2[IH+])cc1.F[B-](F)(F)F. The maximum Gasteiger partial charge on any atom is 0.673 e. The molecule has 120 valence electrons. The van der Waals surface area contributed by atoms with Gasteiger partial charge in [0.25, 0.3) is 22.6 Å². The zero-order valence-electron chi connectivity index (χ0n) is 10.8. The first-order valence-electron chi connectivity index (χ1n) is 5.79. The van der Waals surface area contributed by atoms with Crippen LogP contribution in [0.15, 0.2) is 48.5 Å². The van der Waals surface area contributed by atoms with E-state index in [1.165, 1.54) is 12.1 Å². The Hall–Kier alpha value is -1.26. The lowest BCUT2D eigenvalue weighted by Crippen LogP contribution is -3.34. The minimum atomic E-state index is -6.00. The van der Waals surface area contributed by atoms with Crippen LogP contribution in [0.4, 0.5) is 30.4 Å². The molecule has 0 heterocycles. The molecule has 0 bridgehead atoms. The van der Waals surface area contributed by atoms with Gasteiger partial charge in [0, 0.05) is 5.56 Å². The molecule has 0 radical (unpaired) electrons. The molecule has 0 spiro atoms. The first-order valence-corrected chi connectivity index (χ1v) is 6.96. The summed E-state index contributed by atoms with van der Waals surface area (Å²) in [7, 11) is -6.00. The molecule has 2 rings (SSSR count). The van der Waals surface area contributed by atoms with Crippen LogP contribution in [0.1, 0.15) is 5.56 Å². The molecule has 2 aromatic carbocycles. The average Bonchev–Trinajstić information content (AvgIpc) is 2.36. The summed E-state index contributed by atoms with van der Waals surface area (Å²) >= 11 is 1.86. The molecule has 0 saturated carbocycles. The Bertz CT molecular complexity index is 599. The molecule has 0 fully saturated rings. The van der Waals surface area contributed by atoms with E-state index in [0.29, 0.717) is 0 Å². The Morgan fingerprint density at radius 3 is 1.64 bits per heavy atom. The summed E-state index contributed by atoms with van der Waals surface area (Å²) in [5, 5.41) is 0. The molecule has 0 aliphatic rings. The van der Waals surface area contributed by atoms with Gasteiger partial charge in [0.2, 0.25) is 0 Å². The first-order chi connectivity index (χ1) is 9.98. The molecule has 9 heteroatoms. The van der Waals surface area contributed by atoms with Crippen molar-refractivity contribution in [3.05, 3.63) is 57.7 Å². The van der Waals surface area contributed by atoms with Gasteiger partial charge in [0.1, 0.15) is 0 Å². The summed E-state index contributed by atoms with van der Waals surface area (Å²) in [4.78, 5) is 0. The molecular formula is C13H9BF7I. The highest BCUT2D eigenvalue weighted by Crippen LogP contribution is 2.30. The Balaban J connectivity index is 0.000000422. The van der Waals surface area contributed by atoms with E-state index in [2.05, 4.69) is 0 Å². The summed E-state index contributed by atoms with van der Waals surface area (Å²) in [6, 6.07) is 12.9. The highest BCUT2D eigenvalue weighted by atomic mass is 127. The predicted molar refractivity (Wildman–Crippen MR) is 67.2 cm³/mol. The van der Waals surface area contributed by atoms with E-state index in [-0.39, 0.29) is 0 Å². The molecule has 0 nitrogen and oxygen atoms in total. The fraction of sp³-hybridized carbons (Fsp3) is 0.0769. The van der Waals surface area contributed by atoms with E-state index in [0.717, 1.165) is 26.8 Å². The summed E-state index contributed by atoms with van der Waals surface area (Å²) in [5.74, 6) is 0. The lowest BCUT2D eigenvalue weighted by atomic mass is 10.0. The lowest BCUT2D eigenvalue weighted by Gasteiger charge is -2.07. The van der Waals surface area contributed by atoms with Crippen molar-refractivity contribution >= 4 is 7.25 Å². The Morgan fingerprint density at radius 1 is 0.773 bits per heavy atom. The Kier molecular flexibility index (Phi) is 6.27. The number of benzene rings is 2. The second-order valence-electron chi connectivity index (χ2n) is 4.07. The van der Waals surface area contributed by atoms with Gasteiger partial charge in [-0.05, 0) is 29.8 Å². The van der Waals surface area contributed by atoms with Gasteiger partial charge in [0.05, 0.1) is 5.56 Å². The van der Waals surface area contributed by atoms with Crippen molar-refractivity contribution in [3.63, 3.8) is 0 Å². The van der Waals surface area contributed by atoms with Gasteiger partial charge in [-0.25, -0.2) is 0 Å². The van der Waals surface area contributed by atoms with Crippen molar-refractivity contribution in [2.24, 2.45) is 0 Å². The molecule has 0 aromatic heterocycles. The number of halogens is 8. The van der Waals surface area contributed by atoms with E-state index < -0.39 is 19.0 Å². The van der Waals surface area contributed by atoms with Crippen molar-refractivity contribution in [3.8, 4) is 11.1 Å². The third-order valence-corrected chi connectivity index (χ3v) is 3.43. The molecule has 0 atom stereocenters. The first kappa shape index (κ1) is 18.8. The predicted octanol–water partition coefficient (Wildman–Crippen LogP) is 2.13. The van der Waals surface area contributed by atoms with Crippen molar-refractivity contribution in [1.82, 2.24) is 0 Å². The molecule has 0 aliphatic heterocycles. The second-order valence-corrected chi connectivity index (χ2v) is 5.32. The van der Waals surface area contributed by atoms with Crippen LogP contribution in [0.3, 0.4) is 0 Å². The Labute approximate surface area is 135 Å². The lowest BCUT2D eigenvalue weighted by molar-refractivity contribution is -0.326. The fourth-order valence-electron chi connectivity index (χ4n) is 1.54. The number of rotatable bonds is 1. The van der Waals surface area contributed by atoms with Crippen LogP contribution in [0, 0.1) is 3.57 Å². The van der Waals surface area contributed by atoms with Crippen LogP contribution < -0.4 is 22.6 Å². The monoisotopic (exact) mass is 436 g/mol. The van der Waals surface area contributed by atoms with Crippen molar-refractivity contribution < 1.29 is 53.0 Å². The van der Waals surface area contributed by atoms with Crippen LogP contribution >= 0.6 is 0 Å². The van der Waals surface area contributed by atoms with Gasteiger partial charge >= 0.3 is 13.4 Å².